The van der Waals surface area contributed by atoms with E-state index < -0.39 is 0 Å². The molecule has 0 radical (unpaired) electrons. The summed E-state index contributed by atoms with van der Waals surface area (Å²) in [6.07, 6.45) is 8.76. The molecular formula is C21H27ClO. The van der Waals surface area contributed by atoms with Gasteiger partial charge in [0.15, 0.2) is 0 Å². The molecule has 0 aromatic heterocycles. The molecule has 0 heterocycles. The fourth-order valence-corrected chi connectivity index (χ4v) is 2.83. The molecule has 0 amide bonds. The molecule has 0 fully saturated rings. The third-order valence-corrected chi connectivity index (χ3v) is 4.28. The molecule has 2 heteroatoms. The van der Waals surface area contributed by atoms with E-state index in [0.29, 0.717) is 0 Å². The molecule has 2 aromatic rings. The first-order chi connectivity index (χ1) is 11.4. The SMILES string of the molecule is ClCCCCCCCCCOc1ccc(-c2ccccc2)cc1. The van der Waals surface area contributed by atoms with Crippen LogP contribution in [0.1, 0.15) is 44.9 Å². The molecular weight excluding hydrogens is 304 g/mol. The maximum absolute atomic E-state index is 5.82. The number of ether oxygens (including phenoxy) is 1. The van der Waals surface area contributed by atoms with Crippen molar-refractivity contribution in [1.29, 1.82) is 0 Å². The lowest BCUT2D eigenvalue weighted by Gasteiger charge is -2.07. The predicted molar refractivity (Wildman–Crippen MR) is 100 cm³/mol. The number of hydrogen-bond donors (Lipinski definition) is 0. The van der Waals surface area contributed by atoms with Gasteiger partial charge in [-0.3, -0.25) is 0 Å². The lowest BCUT2D eigenvalue weighted by Crippen LogP contribution is -1.97. The van der Waals surface area contributed by atoms with Crippen molar-refractivity contribution in [3.8, 4) is 16.9 Å². The Morgan fingerprint density at radius 2 is 1.17 bits per heavy atom. The van der Waals surface area contributed by atoms with Gasteiger partial charge >= 0.3 is 0 Å². The second kappa shape index (κ2) is 11.1. The normalized spacial score (nSPS) is 10.7. The minimum Gasteiger partial charge on any atom is -0.494 e. The standard InChI is InChI=1S/C21H27ClO/c22-17-9-4-2-1-3-5-10-18-23-21-15-13-20(14-16-21)19-11-7-6-8-12-19/h6-8,11-16H,1-5,9-10,17-18H2. The Labute approximate surface area is 145 Å². The van der Waals surface area contributed by atoms with Crippen LogP contribution in [0.3, 0.4) is 0 Å². The summed E-state index contributed by atoms with van der Waals surface area (Å²) in [5.41, 5.74) is 2.48. The van der Waals surface area contributed by atoms with Gasteiger partial charge in [-0.1, -0.05) is 74.6 Å². The summed E-state index contributed by atoms with van der Waals surface area (Å²) >= 11 is 5.67. The molecule has 0 N–H and O–H groups in total. The van der Waals surface area contributed by atoms with Crippen LogP contribution in [0.15, 0.2) is 54.6 Å². The number of alkyl halides is 1. The number of benzene rings is 2. The summed E-state index contributed by atoms with van der Waals surface area (Å²) in [7, 11) is 0. The van der Waals surface area contributed by atoms with Crippen LogP contribution in [-0.4, -0.2) is 12.5 Å². The van der Waals surface area contributed by atoms with Gasteiger partial charge in [0.2, 0.25) is 0 Å². The molecule has 0 aliphatic carbocycles. The highest BCUT2D eigenvalue weighted by molar-refractivity contribution is 6.17. The first kappa shape index (κ1) is 17.9. The third-order valence-electron chi connectivity index (χ3n) is 4.01. The summed E-state index contributed by atoms with van der Waals surface area (Å²) in [6, 6.07) is 18.8. The van der Waals surface area contributed by atoms with Crippen molar-refractivity contribution in [1.82, 2.24) is 0 Å². The molecule has 2 rings (SSSR count). The van der Waals surface area contributed by atoms with Crippen molar-refractivity contribution < 1.29 is 4.74 Å². The van der Waals surface area contributed by atoms with Gasteiger partial charge in [0.25, 0.3) is 0 Å². The lowest BCUT2D eigenvalue weighted by atomic mass is 10.1. The zero-order valence-corrected chi connectivity index (χ0v) is 14.6. The van der Waals surface area contributed by atoms with Gasteiger partial charge in [0.1, 0.15) is 5.75 Å². The van der Waals surface area contributed by atoms with Crippen LogP contribution in [0.2, 0.25) is 0 Å². The maximum atomic E-state index is 5.82. The third kappa shape index (κ3) is 7.09. The molecule has 0 bridgehead atoms. The minimum absolute atomic E-state index is 0.802. The molecule has 23 heavy (non-hydrogen) atoms. The van der Waals surface area contributed by atoms with Crippen molar-refractivity contribution in [2.75, 3.05) is 12.5 Å². The predicted octanol–water partition coefficient (Wildman–Crippen LogP) is 6.70. The maximum Gasteiger partial charge on any atom is 0.119 e. The number of halogens is 1. The van der Waals surface area contributed by atoms with Gasteiger partial charge in [-0.2, -0.15) is 0 Å². The van der Waals surface area contributed by atoms with E-state index in [1.54, 1.807) is 0 Å². The molecule has 0 saturated carbocycles. The van der Waals surface area contributed by atoms with Gasteiger partial charge in [0.05, 0.1) is 6.61 Å². The van der Waals surface area contributed by atoms with E-state index >= 15 is 0 Å². The van der Waals surface area contributed by atoms with Crippen LogP contribution in [0, 0.1) is 0 Å². The van der Waals surface area contributed by atoms with Crippen molar-refractivity contribution in [3.05, 3.63) is 54.6 Å². The second-order valence-corrected chi connectivity index (χ2v) is 6.28. The Bertz CT molecular complexity index is 521. The molecule has 2 aromatic carbocycles. The molecule has 0 aliphatic heterocycles. The van der Waals surface area contributed by atoms with E-state index in [-0.39, 0.29) is 0 Å². The highest BCUT2D eigenvalue weighted by atomic mass is 35.5. The molecule has 0 unspecified atom stereocenters. The van der Waals surface area contributed by atoms with Crippen LogP contribution in [0.4, 0.5) is 0 Å². The smallest absolute Gasteiger partial charge is 0.119 e. The Balaban J connectivity index is 1.60. The highest BCUT2D eigenvalue weighted by Gasteiger charge is 1.98. The summed E-state index contributed by atoms with van der Waals surface area (Å²) in [4.78, 5) is 0. The summed E-state index contributed by atoms with van der Waals surface area (Å²) < 4.78 is 5.82. The fourth-order valence-electron chi connectivity index (χ4n) is 2.64. The zero-order valence-electron chi connectivity index (χ0n) is 13.8. The Hall–Kier alpha value is -1.47. The van der Waals surface area contributed by atoms with Crippen LogP contribution in [0.25, 0.3) is 11.1 Å². The second-order valence-electron chi connectivity index (χ2n) is 5.90. The van der Waals surface area contributed by atoms with E-state index in [2.05, 4.69) is 48.5 Å². The van der Waals surface area contributed by atoms with Gasteiger partial charge in [0, 0.05) is 5.88 Å². The highest BCUT2D eigenvalue weighted by Crippen LogP contribution is 2.22. The fraction of sp³-hybridized carbons (Fsp3) is 0.429. The average Bonchev–Trinajstić information content (AvgIpc) is 2.62. The molecule has 0 spiro atoms. The molecule has 0 aliphatic rings. The lowest BCUT2D eigenvalue weighted by molar-refractivity contribution is 0.304. The Morgan fingerprint density at radius 3 is 1.83 bits per heavy atom. The molecule has 124 valence electrons. The van der Waals surface area contributed by atoms with E-state index in [1.165, 1.54) is 43.2 Å². The van der Waals surface area contributed by atoms with Crippen molar-refractivity contribution in [2.24, 2.45) is 0 Å². The van der Waals surface area contributed by atoms with Crippen LogP contribution in [0.5, 0.6) is 5.75 Å². The largest absolute Gasteiger partial charge is 0.494 e. The first-order valence-corrected chi connectivity index (χ1v) is 9.28. The summed E-state index contributed by atoms with van der Waals surface area (Å²) in [5.74, 6) is 1.77. The summed E-state index contributed by atoms with van der Waals surface area (Å²) in [5, 5.41) is 0. The number of hydrogen-bond acceptors (Lipinski definition) is 1. The van der Waals surface area contributed by atoms with Crippen molar-refractivity contribution in [3.63, 3.8) is 0 Å². The van der Waals surface area contributed by atoms with E-state index in [1.807, 2.05) is 6.07 Å². The molecule has 0 atom stereocenters. The van der Waals surface area contributed by atoms with Crippen LogP contribution < -0.4 is 4.74 Å². The van der Waals surface area contributed by atoms with E-state index in [9.17, 15) is 0 Å². The van der Waals surface area contributed by atoms with E-state index in [0.717, 1.165) is 31.1 Å². The first-order valence-electron chi connectivity index (χ1n) is 8.74. The van der Waals surface area contributed by atoms with Crippen molar-refractivity contribution in [2.45, 2.75) is 44.9 Å². The van der Waals surface area contributed by atoms with Gasteiger partial charge in [-0.15, -0.1) is 11.6 Å². The van der Waals surface area contributed by atoms with Gasteiger partial charge in [-0.05, 0) is 36.1 Å². The quantitative estimate of drug-likeness (QED) is 0.329. The van der Waals surface area contributed by atoms with Crippen LogP contribution >= 0.6 is 11.6 Å². The van der Waals surface area contributed by atoms with Gasteiger partial charge < -0.3 is 4.74 Å². The van der Waals surface area contributed by atoms with Crippen molar-refractivity contribution >= 4 is 11.6 Å². The number of unbranched alkanes of at least 4 members (excludes halogenated alkanes) is 6. The van der Waals surface area contributed by atoms with E-state index in [4.69, 9.17) is 16.3 Å². The Kier molecular flexibility index (Phi) is 8.65. The van der Waals surface area contributed by atoms with Crippen LogP contribution in [-0.2, 0) is 0 Å². The Morgan fingerprint density at radius 1 is 0.609 bits per heavy atom. The molecule has 0 saturated heterocycles. The minimum atomic E-state index is 0.802. The topological polar surface area (TPSA) is 9.23 Å². The monoisotopic (exact) mass is 330 g/mol. The van der Waals surface area contributed by atoms with Gasteiger partial charge in [-0.25, -0.2) is 0 Å². The number of rotatable bonds is 11. The average molecular weight is 331 g/mol. The molecule has 1 nitrogen and oxygen atoms in total. The summed E-state index contributed by atoms with van der Waals surface area (Å²) in [6.45, 7) is 0.812. The zero-order chi connectivity index (χ0) is 16.2.